The summed E-state index contributed by atoms with van der Waals surface area (Å²) in [4.78, 5) is 0. The molecule has 0 aliphatic carbocycles. The normalized spacial score (nSPS) is 10.6. The van der Waals surface area contributed by atoms with Crippen LogP contribution in [0.25, 0.3) is 10.6 Å². The molecule has 5 heteroatoms. The number of halogens is 1. The SMILES string of the molecule is ClCCCc1nnc(-c2ccoc2)s1. The van der Waals surface area contributed by atoms with Crippen LogP contribution in [0, 0.1) is 0 Å². The number of furan rings is 1. The van der Waals surface area contributed by atoms with Crippen molar-refractivity contribution in [2.75, 3.05) is 5.88 Å². The molecule has 0 radical (unpaired) electrons. The van der Waals surface area contributed by atoms with Gasteiger partial charge in [-0.05, 0) is 12.5 Å². The average Bonchev–Trinajstić information content (AvgIpc) is 2.85. The highest BCUT2D eigenvalue weighted by Gasteiger charge is 2.06. The van der Waals surface area contributed by atoms with Crippen molar-refractivity contribution in [1.29, 1.82) is 0 Å². The fourth-order valence-electron chi connectivity index (χ4n) is 1.08. The van der Waals surface area contributed by atoms with Gasteiger partial charge in [0, 0.05) is 12.3 Å². The molecule has 2 rings (SSSR count). The topological polar surface area (TPSA) is 38.9 Å². The number of aromatic nitrogens is 2. The van der Waals surface area contributed by atoms with Crippen molar-refractivity contribution in [2.24, 2.45) is 0 Å². The van der Waals surface area contributed by atoms with Gasteiger partial charge in [-0.15, -0.1) is 21.8 Å². The predicted molar refractivity (Wildman–Crippen MR) is 56.7 cm³/mol. The summed E-state index contributed by atoms with van der Waals surface area (Å²) in [7, 11) is 0. The quantitative estimate of drug-likeness (QED) is 0.756. The Morgan fingerprint density at radius 2 is 2.36 bits per heavy atom. The Hall–Kier alpha value is -0.870. The molecule has 0 unspecified atom stereocenters. The molecule has 0 spiro atoms. The summed E-state index contributed by atoms with van der Waals surface area (Å²) in [6.07, 6.45) is 5.15. The summed E-state index contributed by atoms with van der Waals surface area (Å²) >= 11 is 7.19. The van der Waals surface area contributed by atoms with Gasteiger partial charge in [0.2, 0.25) is 0 Å². The highest BCUT2D eigenvalue weighted by Crippen LogP contribution is 2.24. The summed E-state index contributed by atoms with van der Waals surface area (Å²) in [6, 6.07) is 1.88. The Labute approximate surface area is 90.7 Å². The second-order valence-corrected chi connectivity index (χ2v) is 4.25. The third kappa shape index (κ3) is 2.13. The second-order valence-electron chi connectivity index (χ2n) is 2.81. The van der Waals surface area contributed by atoms with Gasteiger partial charge < -0.3 is 4.42 Å². The molecule has 0 aromatic carbocycles. The van der Waals surface area contributed by atoms with Crippen molar-refractivity contribution < 1.29 is 4.42 Å². The first-order valence-electron chi connectivity index (χ1n) is 4.31. The molecule has 3 nitrogen and oxygen atoms in total. The van der Waals surface area contributed by atoms with Crippen molar-refractivity contribution in [1.82, 2.24) is 10.2 Å². The molecule has 2 aromatic heterocycles. The first kappa shape index (κ1) is 9.68. The molecule has 0 atom stereocenters. The van der Waals surface area contributed by atoms with Crippen LogP contribution < -0.4 is 0 Å². The summed E-state index contributed by atoms with van der Waals surface area (Å²) in [6.45, 7) is 0. The monoisotopic (exact) mass is 228 g/mol. The molecule has 0 N–H and O–H groups in total. The highest BCUT2D eigenvalue weighted by atomic mass is 35.5. The van der Waals surface area contributed by atoms with Crippen LogP contribution in [0.1, 0.15) is 11.4 Å². The molecule has 0 bridgehead atoms. The molecule has 0 saturated carbocycles. The molecule has 0 amide bonds. The smallest absolute Gasteiger partial charge is 0.151 e. The molecule has 74 valence electrons. The minimum Gasteiger partial charge on any atom is -0.472 e. The van der Waals surface area contributed by atoms with Crippen molar-refractivity contribution in [3.05, 3.63) is 23.6 Å². The van der Waals surface area contributed by atoms with Crippen LogP contribution in [0.2, 0.25) is 0 Å². The number of rotatable bonds is 4. The first-order valence-corrected chi connectivity index (χ1v) is 5.66. The van der Waals surface area contributed by atoms with E-state index >= 15 is 0 Å². The van der Waals surface area contributed by atoms with E-state index < -0.39 is 0 Å². The van der Waals surface area contributed by atoms with Crippen LogP contribution in [-0.2, 0) is 6.42 Å². The lowest BCUT2D eigenvalue weighted by molar-refractivity contribution is 0.568. The van der Waals surface area contributed by atoms with Gasteiger partial charge in [0.25, 0.3) is 0 Å². The summed E-state index contributed by atoms with van der Waals surface area (Å²) in [5, 5.41) is 10.1. The van der Waals surface area contributed by atoms with Crippen LogP contribution in [-0.4, -0.2) is 16.1 Å². The third-order valence-corrected chi connectivity index (χ3v) is 3.06. The van der Waals surface area contributed by atoms with E-state index in [0.29, 0.717) is 5.88 Å². The van der Waals surface area contributed by atoms with Crippen LogP contribution in [0.5, 0.6) is 0 Å². The zero-order chi connectivity index (χ0) is 9.80. The van der Waals surface area contributed by atoms with E-state index in [1.165, 1.54) is 0 Å². The van der Waals surface area contributed by atoms with Gasteiger partial charge in [-0.2, -0.15) is 0 Å². The fraction of sp³-hybridized carbons (Fsp3) is 0.333. The van der Waals surface area contributed by atoms with E-state index in [4.69, 9.17) is 16.0 Å². The Kier molecular flexibility index (Phi) is 3.16. The van der Waals surface area contributed by atoms with Crippen molar-refractivity contribution in [3.63, 3.8) is 0 Å². The van der Waals surface area contributed by atoms with Crippen molar-refractivity contribution >= 4 is 22.9 Å². The molecular formula is C9H9ClN2OS. The van der Waals surface area contributed by atoms with E-state index in [2.05, 4.69) is 10.2 Å². The molecule has 0 aliphatic heterocycles. The lowest BCUT2D eigenvalue weighted by Gasteiger charge is -1.87. The zero-order valence-electron chi connectivity index (χ0n) is 7.44. The Balaban J connectivity index is 2.10. The van der Waals surface area contributed by atoms with E-state index in [-0.39, 0.29) is 0 Å². The van der Waals surface area contributed by atoms with Crippen molar-refractivity contribution in [3.8, 4) is 10.6 Å². The van der Waals surface area contributed by atoms with Gasteiger partial charge >= 0.3 is 0 Å². The van der Waals surface area contributed by atoms with Crippen LogP contribution in [0.15, 0.2) is 23.0 Å². The summed E-state index contributed by atoms with van der Waals surface area (Å²) in [5.74, 6) is 0.667. The first-order chi connectivity index (χ1) is 6.90. The number of hydrogen-bond acceptors (Lipinski definition) is 4. The average molecular weight is 229 g/mol. The third-order valence-electron chi connectivity index (χ3n) is 1.76. The van der Waals surface area contributed by atoms with E-state index in [1.807, 2.05) is 6.07 Å². The maximum absolute atomic E-state index is 5.60. The molecular weight excluding hydrogens is 220 g/mol. The molecule has 0 aliphatic rings. The molecule has 2 aromatic rings. The fourth-order valence-corrected chi connectivity index (χ4v) is 2.08. The van der Waals surface area contributed by atoms with E-state index in [0.717, 1.165) is 28.4 Å². The van der Waals surface area contributed by atoms with Gasteiger partial charge in [-0.1, -0.05) is 11.3 Å². The van der Waals surface area contributed by atoms with Gasteiger partial charge in [0.15, 0.2) is 5.01 Å². The van der Waals surface area contributed by atoms with Crippen LogP contribution >= 0.6 is 22.9 Å². The standard InChI is InChI=1S/C9H9ClN2OS/c10-4-1-2-8-11-12-9(14-8)7-3-5-13-6-7/h3,5-6H,1-2,4H2. The minimum atomic E-state index is 0.667. The lowest BCUT2D eigenvalue weighted by atomic mass is 10.4. The maximum Gasteiger partial charge on any atom is 0.151 e. The lowest BCUT2D eigenvalue weighted by Crippen LogP contribution is -1.84. The van der Waals surface area contributed by atoms with Gasteiger partial charge in [0.05, 0.1) is 11.8 Å². The second kappa shape index (κ2) is 4.57. The van der Waals surface area contributed by atoms with Crippen LogP contribution in [0.4, 0.5) is 0 Å². The van der Waals surface area contributed by atoms with Gasteiger partial charge in [-0.3, -0.25) is 0 Å². The Bertz CT molecular complexity index is 385. The molecule has 14 heavy (non-hydrogen) atoms. The van der Waals surface area contributed by atoms with E-state index in [9.17, 15) is 0 Å². The maximum atomic E-state index is 5.60. The van der Waals surface area contributed by atoms with Crippen LogP contribution in [0.3, 0.4) is 0 Å². The summed E-state index contributed by atoms with van der Waals surface area (Å²) in [5.41, 5.74) is 0.986. The molecule has 0 saturated heterocycles. The minimum absolute atomic E-state index is 0.667. The predicted octanol–water partition coefficient (Wildman–Crippen LogP) is 2.97. The number of nitrogens with zero attached hydrogens (tertiary/aromatic N) is 2. The van der Waals surface area contributed by atoms with E-state index in [1.54, 1.807) is 23.9 Å². The Morgan fingerprint density at radius 1 is 1.43 bits per heavy atom. The number of aryl methyl sites for hydroxylation is 1. The largest absolute Gasteiger partial charge is 0.472 e. The summed E-state index contributed by atoms with van der Waals surface area (Å²) < 4.78 is 4.98. The van der Waals surface area contributed by atoms with Gasteiger partial charge in [0.1, 0.15) is 11.3 Å². The van der Waals surface area contributed by atoms with Gasteiger partial charge in [-0.25, -0.2) is 0 Å². The zero-order valence-corrected chi connectivity index (χ0v) is 9.01. The van der Waals surface area contributed by atoms with Crippen molar-refractivity contribution in [2.45, 2.75) is 12.8 Å². The molecule has 2 heterocycles. The number of hydrogen-bond donors (Lipinski definition) is 0. The molecule has 0 fully saturated rings. The highest BCUT2D eigenvalue weighted by molar-refractivity contribution is 7.14. The number of alkyl halides is 1. The Morgan fingerprint density at radius 3 is 3.07 bits per heavy atom.